The van der Waals surface area contributed by atoms with Crippen molar-refractivity contribution in [1.82, 2.24) is 15.5 Å². The van der Waals surface area contributed by atoms with E-state index in [1.165, 1.54) is 12.1 Å². The van der Waals surface area contributed by atoms with Gasteiger partial charge in [0.05, 0.1) is 30.8 Å². The molecular weight excluding hydrogens is 492 g/mol. The fourth-order valence-electron chi connectivity index (χ4n) is 5.24. The molecule has 3 N–H and O–H groups in total. The second-order valence-corrected chi connectivity index (χ2v) is 10.4. The maximum absolute atomic E-state index is 13.9. The summed E-state index contributed by atoms with van der Waals surface area (Å²) in [5.74, 6) is -2.37. The number of carbonyl (C=O) groups excluding carboxylic acids is 2. The molecule has 5 atom stereocenters. The van der Waals surface area contributed by atoms with Gasteiger partial charge in [0, 0.05) is 38.2 Å². The number of nitrogens with one attached hydrogen (secondary N) is 2. The van der Waals surface area contributed by atoms with Crippen LogP contribution in [-0.4, -0.2) is 65.7 Å². The standard InChI is InChI=1S/C29H37F2N3O4/c1-2-3-9-34-17-21(13-27(34)35)29(37)33-26(12-20-10-22(30)14-23(31)11-20)28(36)25-15-24(16-32-25)38-18-19-7-5-4-6-8-19/h4-8,10-11,14,21,24-26,28,32,36H,2-3,9,12-13,15-18H2,1H3,(H,33,37). The van der Waals surface area contributed by atoms with Crippen molar-refractivity contribution in [3.05, 3.63) is 71.3 Å². The predicted octanol–water partition coefficient (Wildman–Crippen LogP) is 2.95. The molecule has 0 aromatic heterocycles. The Hall–Kier alpha value is -2.88. The first kappa shape index (κ1) is 28.1. The van der Waals surface area contributed by atoms with Crippen LogP contribution in [0.5, 0.6) is 0 Å². The van der Waals surface area contributed by atoms with Crippen LogP contribution in [0.3, 0.4) is 0 Å². The van der Waals surface area contributed by atoms with Gasteiger partial charge in [-0.1, -0.05) is 43.7 Å². The van der Waals surface area contributed by atoms with Crippen molar-refractivity contribution >= 4 is 11.8 Å². The third kappa shape index (κ3) is 7.58. The summed E-state index contributed by atoms with van der Waals surface area (Å²) in [5, 5.41) is 17.5. The van der Waals surface area contributed by atoms with Gasteiger partial charge in [-0.2, -0.15) is 0 Å². The number of nitrogens with zero attached hydrogens (tertiary/aromatic N) is 1. The van der Waals surface area contributed by atoms with Crippen molar-refractivity contribution in [2.24, 2.45) is 5.92 Å². The van der Waals surface area contributed by atoms with E-state index >= 15 is 0 Å². The molecule has 2 amide bonds. The monoisotopic (exact) mass is 529 g/mol. The molecule has 0 saturated carbocycles. The van der Waals surface area contributed by atoms with Crippen LogP contribution in [0.4, 0.5) is 8.78 Å². The number of aliphatic hydroxyl groups is 1. The fourth-order valence-corrected chi connectivity index (χ4v) is 5.24. The van der Waals surface area contributed by atoms with Crippen molar-refractivity contribution in [2.75, 3.05) is 19.6 Å². The van der Waals surface area contributed by atoms with E-state index in [1.54, 1.807) is 4.90 Å². The molecule has 2 aliphatic rings. The summed E-state index contributed by atoms with van der Waals surface area (Å²) < 4.78 is 33.8. The van der Waals surface area contributed by atoms with E-state index in [9.17, 15) is 23.5 Å². The van der Waals surface area contributed by atoms with Crippen LogP contribution in [0.15, 0.2) is 48.5 Å². The summed E-state index contributed by atoms with van der Waals surface area (Å²) in [4.78, 5) is 27.3. The first-order chi connectivity index (χ1) is 18.3. The number of hydrogen-bond donors (Lipinski definition) is 3. The zero-order valence-corrected chi connectivity index (χ0v) is 21.7. The molecule has 0 aliphatic carbocycles. The largest absolute Gasteiger partial charge is 0.389 e. The number of unbranched alkanes of at least 4 members (excludes halogenated alkanes) is 1. The highest BCUT2D eigenvalue weighted by atomic mass is 19.1. The third-order valence-electron chi connectivity index (χ3n) is 7.35. The van der Waals surface area contributed by atoms with Crippen LogP contribution in [0, 0.1) is 17.6 Å². The average molecular weight is 530 g/mol. The van der Waals surface area contributed by atoms with Crippen molar-refractivity contribution in [3.63, 3.8) is 0 Å². The number of hydrogen-bond acceptors (Lipinski definition) is 5. The quantitative estimate of drug-likeness (QED) is 0.393. The summed E-state index contributed by atoms with van der Waals surface area (Å²) in [6, 6.07) is 11.8. The van der Waals surface area contributed by atoms with Crippen LogP contribution >= 0.6 is 0 Å². The van der Waals surface area contributed by atoms with Gasteiger partial charge in [0.2, 0.25) is 11.8 Å². The molecule has 2 aromatic rings. The van der Waals surface area contributed by atoms with E-state index in [0.29, 0.717) is 38.2 Å². The lowest BCUT2D eigenvalue weighted by Crippen LogP contribution is -2.53. The minimum Gasteiger partial charge on any atom is -0.389 e. The van der Waals surface area contributed by atoms with E-state index in [0.717, 1.165) is 24.5 Å². The molecule has 0 radical (unpaired) electrons. The van der Waals surface area contributed by atoms with Gasteiger partial charge in [0.1, 0.15) is 11.6 Å². The zero-order valence-electron chi connectivity index (χ0n) is 21.7. The molecule has 4 rings (SSSR count). The van der Waals surface area contributed by atoms with E-state index in [2.05, 4.69) is 10.6 Å². The van der Waals surface area contributed by atoms with Crippen LogP contribution in [0.2, 0.25) is 0 Å². The lowest BCUT2D eigenvalue weighted by molar-refractivity contribution is -0.129. The normalized spacial score (nSPS) is 23.0. The Morgan fingerprint density at radius 2 is 1.92 bits per heavy atom. The van der Waals surface area contributed by atoms with Crippen molar-refractivity contribution < 1.29 is 28.2 Å². The van der Waals surface area contributed by atoms with Gasteiger partial charge in [-0.05, 0) is 42.5 Å². The number of amides is 2. The first-order valence-corrected chi connectivity index (χ1v) is 13.4. The SMILES string of the molecule is CCCCN1CC(C(=O)NC(Cc2cc(F)cc(F)c2)C(O)C2CC(OCc3ccccc3)CN2)CC1=O. The molecule has 38 heavy (non-hydrogen) atoms. The highest BCUT2D eigenvalue weighted by Gasteiger charge is 2.38. The highest BCUT2D eigenvalue weighted by molar-refractivity contribution is 5.89. The van der Waals surface area contributed by atoms with Crippen LogP contribution in [0.1, 0.15) is 43.7 Å². The van der Waals surface area contributed by atoms with E-state index in [4.69, 9.17) is 4.74 Å². The van der Waals surface area contributed by atoms with Gasteiger partial charge < -0.3 is 25.4 Å². The second kappa shape index (κ2) is 13.3. The number of rotatable bonds is 12. The zero-order chi connectivity index (χ0) is 27.1. The molecule has 206 valence electrons. The lowest BCUT2D eigenvalue weighted by Gasteiger charge is -2.29. The Morgan fingerprint density at radius 1 is 1.18 bits per heavy atom. The van der Waals surface area contributed by atoms with Crippen LogP contribution < -0.4 is 10.6 Å². The Bertz CT molecular complexity index is 1070. The molecule has 2 aliphatic heterocycles. The second-order valence-electron chi connectivity index (χ2n) is 10.4. The minimum absolute atomic E-state index is 0.0372. The van der Waals surface area contributed by atoms with Gasteiger partial charge in [0.25, 0.3) is 0 Å². The third-order valence-corrected chi connectivity index (χ3v) is 7.35. The summed E-state index contributed by atoms with van der Waals surface area (Å²) in [6.45, 7) is 3.97. The fraction of sp³-hybridized carbons (Fsp3) is 0.517. The molecular formula is C29H37F2N3O4. The Kier molecular flexibility index (Phi) is 9.82. The minimum atomic E-state index is -1.04. The maximum atomic E-state index is 13.9. The van der Waals surface area contributed by atoms with Gasteiger partial charge >= 0.3 is 0 Å². The summed E-state index contributed by atoms with van der Waals surface area (Å²) in [5.41, 5.74) is 1.38. The van der Waals surface area contributed by atoms with Crippen LogP contribution in [0.25, 0.3) is 0 Å². The molecule has 2 saturated heterocycles. The summed E-state index contributed by atoms with van der Waals surface area (Å²) in [6.07, 6.45) is 1.32. The van der Waals surface area contributed by atoms with Gasteiger partial charge in [0.15, 0.2) is 0 Å². The Morgan fingerprint density at radius 3 is 2.63 bits per heavy atom. The predicted molar refractivity (Wildman–Crippen MR) is 139 cm³/mol. The number of likely N-dealkylation sites (tertiary alicyclic amines) is 1. The molecule has 7 nitrogen and oxygen atoms in total. The summed E-state index contributed by atoms with van der Waals surface area (Å²) in [7, 11) is 0. The number of carbonyl (C=O) groups is 2. The molecule has 0 spiro atoms. The van der Waals surface area contributed by atoms with Crippen molar-refractivity contribution in [3.8, 4) is 0 Å². The molecule has 2 aromatic carbocycles. The summed E-state index contributed by atoms with van der Waals surface area (Å²) >= 11 is 0. The van der Waals surface area contributed by atoms with Crippen molar-refractivity contribution in [1.29, 1.82) is 0 Å². The first-order valence-electron chi connectivity index (χ1n) is 13.4. The Labute approximate surface area is 222 Å². The van der Waals surface area contributed by atoms with Gasteiger partial charge in [-0.3, -0.25) is 9.59 Å². The molecule has 2 heterocycles. The van der Waals surface area contributed by atoms with E-state index < -0.39 is 29.7 Å². The number of halogens is 2. The van der Waals surface area contributed by atoms with E-state index in [1.807, 2.05) is 37.3 Å². The molecule has 0 bridgehead atoms. The highest BCUT2D eigenvalue weighted by Crippen LogP contribution is 2.22. The number of benzene rings is 2. The molecule has 5 unspecified atom stereocenters. The maximum Gasteiger partial charge on any atom is 0.225 e. The molecule has 2 fully saturated rings. The lowest BCUT2D eigenvalue weighted by atomic mass is 9.94. The smallest absolute Gasteiger partial charge is 0.225 e. The van der Waals surface area contributed by atoms with E-state index in [-0.39, 0.29) is 36.8 Å². The Balaban J connectivity index is 1.41. The average Bonchev–Trinajstić information content (AvgIpc) is 3.52. The van der Waals surface area contributed by atoms with Crippen molar-refractivity contribution in [2.45, 2.75) is 69.9 Å². The van der Waals surface area contributed by atoms with Crippen LogP contribution in [-0.2, 0) is 27.4 Å². The number of ether oxygens (including phenoxy) is 1. The number of aliphatic hydroxyl groups excluding tert-OH is 1. The van der Waals surface area contributed by atoms with Gasteiger partial charge in [-0.15, -0.1) is 0 Å². The van der Waals surface area contributed by atoms with Gasteiger partial charge in [-0.25, -0.2) is 8.78 Å². The topological polar surface area (TPSA) is 90.9 Å². The molecule has 9 heteroatoms.